The van der Waals surface area contributed by atoms with E-state index in [4.69, 9.17) is 23.7 Å². The third-order valence-electron chi connectivity index (χ3n) is 3.60. The number of hydrogen-bond acceptors (Lipinski definition) is 15. The molecule has 0 fully saturated rings. The standard InChI is InChI=1S/C20H22O15S2.2Li/c1-3-27-17-7-5-15(13-19(17)29-9-11-31-34-36(21,22)23)33-16-6-8-18(28-4-2)20(14-16)30-10-12-32-35-37(24,25)26;;/h3-8,13-14H,1-2,9-12H2,(H,21,22,23)(H,24,25,26);;/q;2*+1/p-2. The molecule has 0 bridgehead atoms. The average Bonchev–Trinajstić information content (AvgIpc) is 2.80. The third kappa shape index (κ3) is 15.2. The molecule has 0 unspecified atom stereocenters. The fourth-order valence-corrected chi connectivity index (χ4v) is 2.77. The molecule has 15 nitrogen and oxygen atoms in total. The summed E-state index contributed by atoms with van der Waals surface area (Å²) in [5.41, 5.74) is 0. The van der Waals surface area contributed by atoms with E-state index in [1.807, 2.05) is 0 Å². The van der Waals surface area contributed by atoms with Crippen molar-refractivity contribution in [2.45, 2.75) is 0 Å². The van der Waals surface area contributed by atoms with E-state index >= 15 is 0 Å². The van der Waals surface area contributed by atoms with Crippen LogP contribution in [0.4, 0.5) is 0 Å². The minimum Gasteiger partial charge on any atom is -0.724 e. The largest absolute Gasteiger partial charge is 1.00 e. The third-order valence-corrected chi connectivity index (χ3v) is 4.12. The van der Waals surface area contributed by atoms with Crippen molar-refractivity contribution >= 4 is 20.8 Å². The molecule has 0 amide bonds. The quantitative estimate of drug-likeness (QED) is 0.0316. The van der Waals surface area contributed by atoms with E-state index in [-0.39, 0.29) is 85.4 Å². The van der Waals surface area contributed by atoms with Gasteiger partial charge in [0.05, 0.1) is 12.5 Å². The Labute approximate surface area is 248 Å². The molecule has 204 valence electrons. The summed E-state index contributed by atoms with van der Waals surface area (Å²) in [5.74, 6) is 1.32. The van der Waals surface area contributed by atoms with Gasteiger partial charge in [-0.15, -0.1) is 8.67 Å². The van der Waals surface area contributed by atoms with E-state index < -0.39 is 34.0 Å². The molecule has 39 heavy (non-hydrogen) atoms. The summed E-state index contributed by atoms with van der Waals surface area (Å²) >= 11 is 0. The van der Waals surface area contributed by atoms with Gasteiger partial charge in [-0.05, 0) is 24.3 Å². The van der Waals surface area contributed by atoms with Crippen molar-refractivity contribution in [2.75, 3.05) is 26.4 Å². The molecule has 0 saturated heterocycles. The van der Waals surface area contributed by atoms with Gasteiger partial charge in [0.1, 0.15) is 37.9 Å². The Morgan fingerprint density at radius 3 is 1.36 bits per heavy atom. The molecule has 0 N–H and O–H groups in total. The van der Waals surface area contributed by atoms with E-state index in [0.717, 1.165) is 12.5 Å². The summed E-state index contributed by atoms with van der Waals surface area (Å²) in [4.78, 5) is 8.48. The average molecular weight is 578 g/mol. The smallest absolute Gasteiger partial charge is 0.724 e. The first-order valence-electron chi connectivity index (χ1n) is 9.81. The van der Waals surface area contributed by atoms with Crippen LogP contribution in [0.5, 0.6) is 34.5 Å². The molecule has 0 aromatic heterocycles. The van der Waals surface area contributed by atoms with Crippen LogP contribution in [-0.2, 0) is 39.2 Å². The van der Waals surface area contributed by atoms with Crippen molar-refractivity contribution < 1.29 is 106 Å². The normalized spacial score (nSPS) is 10.8. The maximum Gasteiger partial charge on any atom is 1.00 e. The Bertz CT molecular complexity index is 1170. The first-order chi connectivity index (χ1) is 17.5. The topological polar surface area (TPSA) is 197 Å². The summed E-state index contributed by atoms with van der Waals surface area (Å²) in [6, 6.07) is 8.96. The maximum absolute atomic E-state index is 10.4. The second kappa shape index (κ2) is 18.2. The molecule has 0 aliphatic rings. The molecule has 2 aromatic rings. The molecule has 0 aliphatic carbocycles. The van der Waals surface area contributed by atoms with Crippen LogP contribution < -0.4 is 61.4 Å². The van der Waals surface area contributed by atoms with Gasteiger partial charge in [0.25, 0.3) is 0 Å². The summed E-state index contributed by atoms with van der Waals surface area (Å²) in [6.45, 7) is 5.66. The van der Waals surface area contributed by atoms with Gasteiger partial charge in [0.2, 0.25) is 20.8 Å². The molecular weight excluding hydrogens is 558 g/mol. The van der Waals surface area contributed by atoms with Crippen LogP contribution in [0.15, 0.2) is 62.1 Å². The van der Waals surface area contributed by atoms with Gasteiger partial charge in [-0.25, -0.2) is 26.6 Å². The Balaban J connectivity index is 0.00000722. The van der Waals surface area contributed by atoms with Crippen LogP contribution in [0.3, 0.4) is 0 Å². The SMILES string of the molecule is C=COc1ccc(Oc2ccc(OC=C)c(OCCOOS(=O)(=O)[O-])c2)cc1OCCOOS(=O)(=O)[O-].[Li+].[Li+]. The van der Waals surface area contributed by atoms with Gasteiger partial charge in [0.15, 0.2) is 23.0 Å². The van der Waals surface area contributed by atoms with Crippen LogP contribution in [0.1, 0.15) is 0 Å². The van der Waals surface area contributed by atoms with Gasteiger partial charge in [0, 0.05) is 12.1 Å². The zero-order valence-corrected chi connectivity index (χ0v) is 22.4. The Hall–Kier alpha value is -2.23. The Kier molecular flexibility index (Phi) is 17.1. The van der Waals surface area contributed by atoms with E-state index in [0.29, 0.717) is 0 Å². The van der Waals surface area contributed by atoms with Gasteiger partial charge < -0.3 is 32.8 Å². The van der Waals surface area contributed by atoms with Gasteiger partial charge >= 0.3 is 37.7 Å². The van der Waals surface area contributed by atoms with Crippen molar-refractivity contribution in [3.8, 4) is 34.5 Å². The van der Waals surface area contributed by atoms with E-state index in [9.17, 15) is 25.9 Å². The van der Waals surface area contributed by atoms with Crippen LogP contribution >= 0.6 is 0 Å². The number of ether oxygens (including phenoxy) is 5. The van der Waals surface area contributed by atoms with Crippen LogP contribution in [0.2, 0.25) is 0 Å². The second-order valence-electron chi connectivity index (χ2n) is 6.18. The minimum absolute atomic E-state index is 0. The zero-order valence-electron chi connectivity index (χ0n) is 20.8. The molecule has 19 heteroatoms. The Morgan fingerprint density at radius 1 is 0.641 bits per heavy atom. The molecule has 2 aromatic carbocycles. The predicted octanol–water partition coefficient (Wildman–Crippen LogP) is -3.89. The summed E-state index contributed by atoms with van der Waals surface area (Å²) in [5, 5.41) is 0. The zero-order chi connectivity index (χ0) is 27.3. The minimum atomic E-state index is -5.01. The molecule has 2 rings (SSSR count). The van der Waals surface area contributed by atoms with Crippen LogP contribution in [0.25, 0.3) is 0 Å². The van der Waals surface area contributed by atoms with Gasteiger partial charge in [-0.2, -0.15) is 0 Å². The van der Waals surface area contributed by atoms with E-state index in [2.05, 4.69) is 31.6 Å². The van der Waals surface area contributed by atoms with Crippen molar-refractivity contribution in [1.29, 1.82) is 0 Å². The molecule has 0 heterocycles. The summed E-state index contributed by atoms with van der Waals surface area (Å²) < 4.78 is 96.6. The van der Waals surface area contributed by atoms with Crippen molar-refractivity contribution in [3.63, 3.8) is 0 Å². The Morgan fingerprint density at radius 2 is 1.03 bits per heavy atom. The van der Waals surface area contributed by atoms with Gasteiger partial charge in [-0.3, -0.25) is 0 Å². The van der Waals surface area contributed by atoms with Crippen molar-refractivity contribution in [1.82, 2.24) is 0 Å². The molecule has 0 spiro atoms. The fourth-order valence-electron chi connectivity index (χ4n) is 2.40. The monoisotopic (exact) mass is 578 g/mol. The summed E-state index contributed by atoms with van der Waals surface area (Å²) in [7, 11) is -10.0. The van der Waals surface area contributed by atoms with Gasteiger partial charge in [-0.1, -0.05) is 13.2 Å². The van der Waals surface area contributed by atoms with Crippen LogP contribution in [-0.4, -0.2) is 52.4 Å². The summed E-state index contributed by atoms with van der Waals surface area (Å²) in [6.07, 6.45) is 2.30. The number of hydrogen-bond donors (Lipinski definition) is 0. The van der Waals surface area contributed by atoms with E-state index in [1.54, 1.807) is 12.1 Å². The molecule has 0 aliphatic heterocycles. The number of benzene rings is 2. The first-order valence-corrected chi connectivity index (χ1v) is 12.5. The maximum atomic E-state index is 10.4. The predicted molar refractivity (Wildman–Crippen MR) is 119 cm³/mol. The molecule has 0 atom stereocenters. The van der Waals surface area contributed by atoms with Crippen molar-refractivity contribution in [3.05, 3.63) is 62.1 Å². The molecular formula is C20H20Li2O15S2. The fraction of sp³-hybridized carbons (Fsp3) is 0.200. The second-order valence-corrected chi connectivity index (χ2v) is 8.09. The van der Waals surface area contributed by atoms with E-state index in [1.165, 1.54) is 24.3 Å². The van der Waals surface area contributed by atoms with Crippen molar-refractivity contribution in [2.24, 2.45) is 0 Å². The first kappa shape index (κ1) is 36.8. The number of rotatable bonds is 18. The van der Waals surface area contributed by atoms with Crippen LogP contribution in [0, 0.1) is 0 Å². The molecule has 0 radical (unpaired) electrons. The molecule has 0 saturated carbocycles.